The van der Waals surface area contributed by atoms with Crippen LogP contribution in [0.15, 0.2) is 48.6 Å². The summed E-state index contributed by atoms with van der Waals surface area (Å²) >= 11 is 0. The number of anilines is 2. The lowest BCUT2D eigenvalue weighted by molar-refractivity contribution is 0.0991. The molecular weight excluding hydrogens is 735 g/mol. The van der Waals surface area contributed by atoms with Gasteiger partial charge in [0.2, 0.25) is 23.7 Å². The first kappa shape index (κ1) is 39.8. The predicted octanol–water partition coefficient (Wildman–Crippen LogP) is 2.61. The van der Waals surface area contributed by atoms with E-state index in [4.69, 9.17) is 21.9 Å². The molecule has 0 spiro atoms. The van der Waals surface area contributed by atoms with Crippen molar-refractivity contribution < 1.29 is 29.0 Å². The number of hydrogen-bond acceptors (Lipinski definition) is 11. The number of aliphatic hydroxyl groups excluding tert-OH is 1. The second kappa shape index (κ2) is 16.9. The molecule has 0 atom stereocenters. The molecule has 4 amide bonds. The minimum atomic E-state index is -0.698. The molecule has 0 aliphatic carbocycles. The molecule has 6 rings (SSSR count). The van der Waals surface area contributed by atoms with Crippen LogP contribution in [0.25, 0.3) is 22.1 Å². The maximum Gasteiger partial charge on any atom is 0.276 e. The monoisotopic (exact) mass is 779 g/mol. The third-order valence-electron chi connectivity index (χ3n) is 9.14. The number of primary amides is 2. The number of carbonyl (C=O) groups is 4. The van der Waals surface area contributed by atoms with Gasteiger partial charge in [-0.05, 0) is 69.7 Å². The van der Waals surface area contributed by atoms with Crippen LogP contribution in [-0.2, 0) is 32.7 Å². The van der Waals surface area contributed by atoms with Crippen LogP contribution in [0.2, 0.25) is 0 Å². The van der Waals surface area contributed by atoms with Gasteiger partial charge in [-0.25, -0.2) is 9.97 Å². The number of rotatable bonds is 17. The topological polar surface area (TPSA) is 271 Å². The van der Waals surface area contributed by atoms with Gasteiger partial charge in [0, 0.05) is 56.9 Å². The van der Waals surface area contributed by atoms with Crippen molar-refractivity contribution in [2.75, 3.05) is 23.8 Å². The summed E-state index contributed by atoms with van der Waals surface area (Å²) in [5.41, 5.74) is 22.2. The number of fused-ring (bicyclic) bond motifs is 2. The molecule has 57 heavy (non-hydrogen) atoms. The second-order valence-corrected chi connectivity index (χ2v) is 13.1. The predicted molar refractivity (Wildman–Crippen MR) is 212 cm³/mol. The molecule has 9 N–H and O–H groups in total. The van der Waals surface area contributed by atoms with Crippen molar-refractivity contribution in [1.29, 1.82) is 0 Å². The highest BCUT2D eigenvalue weighted by Crippen LogP contribution is 2.32. The lowest BCUT2D eigenvalue weighted by atomic mass is 10.1. The van der Waals surface area contributed by atoms with E-state index in [-0.39, 0.29) is 61.6 Å². The average Bonchev–Trinajstić information content (AvgIpc) is 3.95. The van der Waals surface area contributed by atoms with E-state index >= 15 is 0 Å². The largest absolute Gasteiger partial charge is 0.491 e. The minimum absolute atomic E-state index is 0.0507. The molecule has 0 aliphatic rings. The van der Waals surface area contributed by atoms with Crippen molar-refractivity contribution in [3.63, 3.8) is 0 Å². The maximum absolute atomic E-state index is 13.6. The fourth-order valence-electron chi connectivity index (χ4n) is 6.56. The van der Waals surface area contributed by atoms with E-state index in [1.807, 2.05) is 26.0 Å². The Morgan fingerprint density at radius 3 is 1.72 bits per heavy atom. The first-order valence-corrected chi connectivity index (χ1v) is 18.3. The van der Waals surface area contributed by atoms with Crippen LogP contribution >= 0.6 is 0 Å². The van der Waals surface area contributed by atoms with Crippen LogP contribution in [-0.4, -0.2) is 80.6 Å². The van der Waals surface area contributed by atoms with Crippen molar-refractivity contribution in [2.24, 2.45) is 17.2 Å². The number of imidazole rings is 2. The molecule has 0 aliphatic heterocycles. The van der Waals surface area contributed by atoms with E-state index in [2.05, 4.69) is 30.8 Å². The van der Waals surface area contributed by atoms with Gasteiger partial charge in [-0.2, -0.15) is 10.2 Å². The summed E-state index contributed by atoms with van der Waals surface area (Å²) in [6.07, 6.45) is 3.98. The fraction of sp³-hybridized carbons (Fsp3) is 0.316. The molecule has 4 aromatic heterocycles. The molecule has 2 aromatic carbocycles. The van der Waals surface area contributed by atoms with Crippen LogP contribution in [0.1, 0.15) is 78.9 Å². The van der Waals surface area contributed by atoms with E-state index in [1.165, 1.54) is 12.1 Å². The zero-order valence-electron chi connectivity index (χ0n) is 32.1. The first-order chi connectivity index (χ1) is 27.4. The Morgan fingerprint density at radius 1 is 0.754 bits per heavy atom. The number of aliphatic hydroxyl groups is 1. The molecule has 19 nitrogen and oxygen atoms in total. The Morgan fingerprint density at radius 2 is 1.25 bits per heavy atom. The molecule has 0 saturated heterocycles. The molecule has 0 saturated carbocycles. The zero-order chi connectivity index (χ0) is 41.0. The lowest BCUT2D eigenvalue weighted by Gasteiger charge is -2.13. The lowest BCUT2D eigenvalue weighted by Crippen LogP contribution is -2.20. The van der Waals surface area contributed by atoms with Crippen LogP contribution < -0.4 is 32.6 Å². The van der Waals surface area contributed by atoms with Crippen molar-refractivity contribution in [1.82, 2.24) is 38.7 Å². The molecule has 0 radical (unpaired) electrons. The number of ether oxygens (including phenoxy) is 1. The van der Waals surface area contributed by atoms with E-state index in [1.54, 1.807) is 56.6 Å². The van der Waals surface area contributed by atoms with Crippen molar-refractivity contribution in [3.05, 3.63) is 88.0 Å². The van der Waals surface area contributed by atoms with Crippen molar-refractivity contribution >= 4 is 57.6 Å². The highest BCUT2D eigenvalue weighted by atomic mass is 16.5. The van der Waals surface area contributed by atoms with E-state index in [0.29, 0.717) is 69.9 Å². The van der Waals surface area contributed by atoms with Crippen LogP contribution in [0, 0.1) is 13.8 Å². The summed E-state index contributed by atoms with van der Waals surface area (Å²) in [5.74, 6) is -1.61. The molecule has 298 valence electrons. The Balaban J connectivity index is 1.41. The summed E-state index contributed by atoms with van der Waals surface area (Å²) < 4.78 is 12.7. The summed E-state index contributed by atoms with van der Waals surface area (Å²) in [5, 5.41) is 24.0. The number of aromatic nitrogens is 8. The third kappa shape index (κ3) is 8.24. The molecule has 0 fully saturated rings. The SMILES string of the molecule is CCn1nc(C)cc1C(=O)Nc1nc2cc(C(N)=O)cc(CN)c2n1C/C=C/Cn1c(NC(=O)c2cc(C)nn2CC)nc2cc(C(N)=O)cc(OCCCO)c21. The number of allylic oxidation sites excluding steroid dienone is 2. The normalized spacial score (nSPS) is 11.5. The Labute approximate surface area is 326 Å². The Kier molecular flexibility index (Phi) is 11.8. The number of aryl methyl sites for hydroxylation is 4. The molecule has 4 heterocycles. The van der Waals surface area contributed by atoms with Gasteiger partial charge in [-0.3, -0.25) is 39.2 Å². The van der Waals surface area contributed by atoms with E-state index < -0.39 is 23.6 Å². The number of amides is 4. The summed E-state index contributed by atoms with van der Waals surface area (Å²) in [6.45, 7) is 8.66. The smallest absolute Gasteiger partial charge is 0.276 e. The second-order valence-electron chi connectivity index (χ2n) is 13.1. The van der Waals surface area contributed by atoms with Gasteiger partial charge in [0.25, 0.3) is 11.8 Å². The van der Waals surface area contributed by atoms with Crippen LogP contribution in [0.4, 0.5) is 11.9 Å². The summed E-state index contributed by atoms with van der Waals surface area (Å²) in [6, 6.07) is 9.51. The third-order valence-corrected chi connectivity index (χ3v) is 9.14. The van der Waals surface area contributed by atoms with Gasteiger partial charge in [-0.15, -0.1) is 0 Å². The highest BCUT2D eigenvalue weighted by molar-refractivity contribution is 6.05. The van der Waals surface area contributed by atoms with Gasteiger partial charge in [-0.1, -0.05) is 12.2 Å². The molecule has 19 heteroatoms. The van der Waals surface area contributed by atoms with Crippen LogP contribution in [0.3, 0.4) is 0 Å². The number of carbonyl (C=O) groups excluding carboxylic acids is 4. The minimum Gasteiger partial charge on any atom is -0.491 e. The zero-order valence-corrected chi connectivity index (χ0v) is 32.1. The molecule has 0 unspecified atom stereocenters. The summed E-state index contributed by atoms with van der Waals surface area (Å²) in [4.78, 5) is 61.1. The fourth-order valence-corrected chi connectivity index (χ4v) is 6.56. The maximum atomic E-state index is 13.6. The molecule has 0 bridgehead atoms. The summed E-state index contributed by atoms with van der Waals surface area (Å²) in [7, 11) is 0. The van der Waals surface area contributed by atoms with Crippen molar-refractivity contribution in [2.45, 2.75) is 66.8 Å². The van der Waals surface area contributed by atoms with Crippen LogP contribution in [0.5, 0.6) is 5.75 Å². The number of benzene rings is 2. The average molecular weight is 780 g/mol. The number of nitrogens with two attached hydrogens (primary N) is 3. The highest BCUT2D eigenvalue weighted by Gasteiger charge is 2.23. The van der Waals surface area contributed by atoms with E-state index in [9.17, 15) is 24.3 Å². The number of nitrogens with zero attached hydrogens (tertiary/aromatic N) is 8. The van der Waals surface area contributed by atoms with Crippen molar-refractivity contribution in [3.8, 4) is 5.75 Å². The Bertz CT molecular complexity index is 2540. The van der Waals surface area contributed by atoms with Gasteiger partial charge in [0.15, 0.2) is 0 Å². The number of hydrogen-bond donors (Lipinski definition) is 6. The first-order valence-electron chi connectivity index (χ1n) is 18.3. The standard InChI is InChI=1S/C38H45N13O6/c1-5-50-28(14-21(3)46-50)35(55)44-37-42-26-17-23(33(40)53)16-25(20-39)31(26)48(37)10-7-8-11-49-32-27(18-24(34(41)54)19-30(32)57-13-9-12-52)43-38(49)45-36(56)29-15-22(4)47-51(29)6-2/h7-8,14-19,52H,5-6,9-13,20,39H2,1-4H3,(H2,40,53)(H2,41,54)(H,42,44,55)(H,43,45,56)/b8-7+. The molecular formula is C38H45N13O6. The number of nitrogens with one attached hydrogen (secondary N) is 2. The quantitative estimate of drug-likeness (QED) is 0.0578. The van der Waals surface area contributed by atoms with E-state index in [0.717, 1.165) is 0 Å². The molecule has 6 aromatic rings. The van der Waals surface area contributed by atoms with Gasteiger partial charge >= 0.3 is 0 Å². The van der Waals surface area contributed by atoms with Gasteiger partial charge in [0.1, 0.15) is 22.7 Å². The van der Waals surface area contributed by atoms with Gasteiger partial charge < -0.3 is 36.2 Å². The Hall–Kier alpha value is -6.86. The van der Waals surface area contributed by atoms with Gasteiger partial charge in [0.05, 0.1) is 34.5 Å².